The maximum atomic E-state index is 12.1. The van der Waals surface area contributed by atoms with E-state index in [4.69, 9.17) is 10.2 Å². The Hall–Kier alpha value is -1.00. The molecule has 3 fully saturated rings. The Morgan fingerprint density at radius 3 is 2.55 bits per heavy atom. The standard InChI is InChI=1S/C17H24N2O2.ClH/c1-9-6-11(9)15-4-5-16(21-15)12-7-13(12)17(20)19-8-14(18)10-2-3-10;/h4-5,9-14H,2-3,6-8,18H2,1H3,(H,19,20);1H. The highest BCUT2D eigenvalue weighted by Crippen LogP contribution is 2.52. The quantitative estimate of drug-likeness (QED) is 0.845. The molecule has 0 bridgehead atoms. The Morgan fingerprint density at radius 2 is 1.95 bits per heavy atom. The molecular weight excluding hydrogens is 300 g/mol. The van der Waals surface area contributed by atoms with Crippen molar-refractivity contribution in [3.63, 3.8) is 0 Å². The number of halogens is 1. The van der Waals surface area contributed by atoms with E-state index in [1.54, 1.807) is 0 Å². The zero-order valence-electron chi connectivity index (χ0n) is 13.0. The monoisotopic (exact) mass is 324 g/mol. The number of hydrogen-bond acceptors (Lipinski definition) is 3. The van der Waals surface area contributed by atoms with Crippen molar-refractivity contribution in [2.45, 2.75) is 50.5 Å². The molecule has 3 saturated carbocycles. The van der Waals surface area contributed by atoms with E-state index < -0.39 is 0 Å². The molecule has 0 aromatic carbocycles. The van der Waals surface area contributed by atoms with Crippen LogP contribution in [0, 0.1) is 17.8 Å². The maximum Gasteiger partial charge on any atom is 0.223 e. The molecular formula is C17H25ClN2O2. The van der Waals surface area contributed by atoms with Gasteiger partial charge in [-0.25, -0.2) is 0 Å². The number of furan rings is 1. The first-order valence-electron chi connectivity index (χ1n) is 8.26. The maximum absolute atomic E-state index is 12.1. The fraction of sp³-hybridized carbons (Fsp3) is 0.706. The molecule has 0 spiro atoms. The van der Waals surface area contributed by atoms with Crippen molar-refractivity contribution in [1.29, 1.82) is 0 Å². The summed E-state index contributed by atoms with van der Waals surface area (Å²) < 4.78 is 5.95. The highest BCUT2D eigenvalue weighted by atomic mass is 35.5. The molecule has 0 radical (unpaired) electrons. The third-order valence-electron chi connectivity index (χ3n) is 5.35. The molecule has 1 heterocycles. The third kappa shape index (κ3) is 3.18. The summed E-state index contributed by atoms with van der Waals surface area (Å²) in [5.41, 5.74) is 6.02. The zero-order valence-corrected chi connectivity index (χ0v) is 13.8. The Labute approximate surface area is 137 Å². The van der Waals surface area contributed by atoms with Gasteiger partial charge in [-0.1, -0.05) is 6.92 Å². The summed E-state index contributed by atoms with van der Waals surface area (Å²) in [6, 6.07) is 4.30. The van der Waals surface area contributed by atoms with Crippen LogP contribution in [0.15, 0.2) is 16.5 Å². The molecule has 3 aliphatic rings. The SMILES string of the molecule is CC1CC1c1ccc(C2CC2C(=O)NCC(N)C2CC2)o1.Cl. The summed E-state index contributed by atoms with van der Waals surface area (Å²) in [5.74, 6) is 4.63. The fourth-order valence-electron chi connectivity index (χ4n) is 3.33. The van der Waals surface area contributed by atoms with Crippen LogP contribution in [0.1, 0.15) is 56.0 Å². The van der Waals surface area contributed by atoms with Gasteiger partial charge in [-0.3, -0.25) is 4.79 Å². The first-order chi connectivity index (χ1) is 10.1. The number of carbonyl (C=O) groups excluding carboxylic acids is 1. The van der Waals surface area contributed by atoms with Crippen LogP contribution in [0.5, 0.6) is 0 Å². The molecule has 1 aromatic heterocycles. The lowest BCUT2D eigenvalue weighted by Gasteiger charge is -2.11. The van der Waals surface area contributed by atoms with Crippen LogP contribution in [-0.2, 0) is 4.79 Å². The molecule has 4 nitrogen and oxygen atoms in total. The summed E-state index contributed by atoms with van der Waals surface area (Å²) in [6.45, 7) is 2.87. The van der Waals surface area contributed by atoms with Crippen molar-refractivity contribution >= 4 is 18.3 Å². The van der Waals surface area contributed by atoms with E-state index in [0.717, 1.165) is 23.9 Å². The smallest absolute Gasteiger partial charge is 0.223 e. The van der Waals surface area contributed by atoms with E-state index in [-0.39, 0.29) is 36.2 Å². The predicted molar refractivity (Wildman–Crippen MR) is 87.0 cm³/mol. The van der Waals surface area contributed by atoms with Gasteiger partial charge in [0.1, 0.15) is 11.5 Å². The van der Waals surface area contributed by atoms with Crippen LogP contribution in [0.3, 0.4) is 0 Å². The van der Waals surface area contributed by atoms with E-state index >= 15 is 0 Å². The molecule has 0 saturated heterocycles. The molecule has 122 valence electrons. The molecule has 1 aromatic rings. The van der Waals surface area contributed by atoms with Crippen LogP contribution in [0.4, 0.5) is 0 Å². The number of nitrogens with one attached hydrogen (secondary N) is 1. The van der Waals surface area contributed by atoms with Gasteiger partial charge in [-0.05, 0) is 49.7 Å². The fourth-order valence-corrected chi connectivity index (χ4v) is 3.33. The Morgan fingerprint density at radius 1 is 1.32 bits per heavy atom. The van der Waals surface area contributed by atoms with E-state index in [0.29, 0.717) is 18.4 Å². The van der Waals surface area contributed by atoms with Crippen molar-refractivity contribution < 1.29 is 9.21 Å². The number of carbonyl (C=O) groups is 1. The molecule has 5 heteroatoms. The van der Waals surface area contributed by atoms with Gasteiger partial charge in [0.05, 0.1) is 0 Å². The third-order valence-corrected chi connectivity index (χ3v) is 5.35. The van der Waals surface area contributed by atoms with Crippen molar-refractivity contribution in [2.75, 3.05) is 6.54 Å². The van der Waals surface area contributed by atoms with Gasteiger partial charge in [0.15, 0.2) is 0 Å². The van der Waals surface area contributed by atoms with Crippen LogP contribution in [0.2, 0.25) is 0 Å². The largest absolute Gasteiger partial charge is 0.465 e. The van der Waals surface area contributed by atoms with Gasteiger partial charge >= 0.3 is 0 Å². The Balaban J connectivity index is 0.00000144. The first kappa shape index (κ1) is 15.9. The highest BCUT2D eigenvalue weighted by Gasteiger charge is 2.47. The second kappa shape index (κ2) is 5.89. The van der Waals surface area contributed by atoms with Gasteiger partial charge in [-0.15, -0.1) is 12.4 Å². The second-order valence-corrected chi connectivity index (χ2v) is 7.25. The molecule has 4 rings (SSSR count). The summed E-state index contributed by atoms with van der Waals surface area (Å²) in [4.78, 5) is 12.1. The van der Waals surface area contributed by atoms with Crippen molar-refractivity contribution in [3.8, 4) is 0 Å². The minimum absolute atomic E-state index is 0. The second-order valence-electron chi connectivity index (χ2n) is 7.25. The normalized spacial score (nSPS) is 33.7. The van der Waals surface area contributed by atoms with Crippen molar-refractivity contribution in [3.05, 3.63) is 23.7 Å². The minimum atomic E-state index is 0. The summed E-state index contributed by atoms with van der Waals surface area (Å²) >= 11 is 0. The van der Waals surface area contributed by atoms with E-state index in [2.05, 4.69) is 24.4 Å². The van der Waals surface area contributed by atoms with Gasteiger partial charge in [0, 0.05) is 30.3 Å². The lowest BCUT2D eigenvalue weighted by molar-refractivity contribution is -0.122. The zero-order chi connectivity index (χ0) is 14.6. The molecule has 3 N–H and O–H groups in total. The average molecular weight is 325 g/mol. The van der Waals surface area contributed by atoms with E-state index in [1.807, 2.05) is 0 Å². The van der Waals surface area contributed by atoms with E-state index in [9.17, 15) is 4.79 Å². The summed E-state index contributed by atoms with van der Waals surface area (Å²) in [6.07, 6.45) is 4.59. The highest BCUT2D eigenvalue weighted by molar-refractivity contribution is 5.85. The predicted octanol–water partition coefficient (Wildman–Crippen LogP) is 2.78. The number of hydrogen-bond donors (Lipinski definition) is 2. The topological polar surface area (TPSA) is 68.3 Å². The van der Waals surface area contributed by atoms with Crippen molar-refractivity contribution in [1.82, 2.24) is 5.32 Å². The molecule has 5 atom stereocenters. The first-order valence-corrected chi connectivity index (χ1v) is 8.26. The molecule has 22 heavy (non-hydrogen) atoms. The lowest BCUT2D eigenvalue weighted by atomic mass is 10.2. The minimum Gasteiger partial charge on any atom is -0.465 e. The molecule has 0 aliphatic heterocycles. The van der Waals surface area contributed by atoms with Crippen LogP contribution in [0.25, 0.3) is 0 Å². The molecule has 5 unspecified atom stereocenters. The summed E-state index contributed by atoms with van der Waals surface area (Å²) in [5, 5.41) is 3.01. The number of amides is 1. The number of rotatable bonds is 6. The Kier molecular flexibility index (Phi) is 4.25. The Bertz CT molecular complexity index is 555. The van der Waals surface area contributed by atoms with E-state index in [1.165, 1.54) is 19.3 Å². The van der Waals surface area contributed by atoms with Crippen LogP contribution in [-0.4, -0.2) is 18.5 Å². The van der Waals surface area contributed by atoms with Crippen molar-refractivity contribution in [2.24, 2.45) is 23.5 Å². The lowest BCUT2D eigenvalue weighted by Crippen LogP contribution is -2.39. The van der Waals surface area contributed by atoms with Gasteiger partial charge in [-0.2, -0.15) is 0 Å². The van der Waals surface area contributed by atoms with Crippen LogP contribution < -0.4 is 11.1 Å². The molecule has 3 aliphatic carbocycles. The van der Waals surface area contributed by atoms with Gasteiger partial charge in [0.25, 0.3) is 0 Å². The average Bonchev–Trinajstić information content (AvgIpc) is 3.34. The van der Waals surface area contributed by atoms with Gasteiger partial charge in [0.2, 0.25) is 5.91 Å². The molecule has 1 amide bonds. The van der Waals surface area contributed by atoms with Crippen LogP contribution >= 0.6 is 12.4 Å². The number of nitrogens with two attached hydrogens (primary N) is 1. The van der Waals surface area contributed by atoms with Gasteiger partial charge < -0.3 is 15.5 Å². The summed E-state index contributed by atoms with van der Waals surface area (Å²) in [7, 11) is 0.